The summed E-state index contributed by atoms with van der Waals surface area (Å²) in [6.07, 6.45) is 2.57. The van der Waals surface area contributed by atoms with Gasteiger partial charge in [0, 0.05) is 18.0 Å². The van der Waals surface area contributed by atoms with E-state index in [9.17, 15) is 9.59 Å². The number of carbonyl (C=O) groups is 2. The second-order valence-electron chi connectivity index (χ2n) is 5.27. The molecule has 6 nitrogen and oxygen atoms in total. The Balaban J connectivity index is 1.79. The average Bonchev–Trinajstić information content (AvgIpc) is 2.95. The summed E-state index contributed by atoms with van der Waals surface area (Å²) >= 11 is 1.61. The van der Waals surface area contributed by atoms with Gasteiger partial charge in [0.2, 0.25) is 5.91 Å². The summed E-state index contributed by atoms with van der Waals surface area (Å²) < 4.78 is 5.12. The fourth-order valence-electron chi connectivity index (χ4n) is 2.79. The number of rotatable bonds is 3. The largest absolute Gasteiger partial charge is 0.465 e. The van der Waals surface area contributed by atoms with Gasteiger partial charge in [0.1, 0.15) is 5.92 Å². The smallest absolute Gasteiger partial charge is 0.315 e. The number of thiazole rings is 1. The molecule has 1 aromatic heterocycles. The monoisotopic (exact) mass is 309 g/mol. The predicted molar refractivity (Wildman–Crippen MR) is 79.6 cm³/mol. The summed E-state index contributed by atoms with van der Waals surface area (Å²) in [5.74, 6) is -0.378. The molecule has 3 rings (SSSR count). The molecule has 1 unspecified atom stereocenters. The lowest BCUT2D eigenvalue weighted by Crippen LogP contribution is -2.33. The second kappa shape index (κ2) is 6.01. The van der Waals surface area contributed by atoms with Gasteiger partial charge in [0.05, 0.1) is 18.8 Å². The Hall–Kier alpha value is -1.63. The van der Waals surface area contributed by atoms with Gasteiger partial charge in [-0.1, -0.05) is 0 Å². The van der Waals surface area contributed by atoms with Gasteiger partial charge in [-0.3, -0.25) is 9.59 Å². The minimum absolute atomic E-state index is 0.0322. The van der Waals surface area contributed by atoms with Crippen molar-refractivity contribution in [3.8, 4) is 0 Å². The van der Waals surface area contributed by atoms with Crippen LogP contribution < -0.4 is 10.2 Å². The first-order chi connectivity index (χ1) is 10.2. The summed E-state index contributed by atoms with van der Waals surface area (Å²) in [4.78, 5) is 31.4. The van der Waals surface area contributed by atoms with Crippen LogP contribution in [0.4, 0.5) is 5.13 Å². The molecule has 1 N–H and O–H groups in total. The number of nitrogens with one attached hydrogen (secondary N) is 1. The van der Waals surface area contributed by atoms with Crippen molar-refractivity contribution >= 4 is 28.3 Å². The molecule has 0 radical (unpaired) electrons. The molecule has 114 valence electrons. The van der Waals surface area contributed by atoms with Crippen molar-refractivity contribution in [2.45, 2.75) is 32.1 Å². The van der Waals surface area contributed by atoms with Crippen LogP contribution in [0.5, 0.6) is 0 Å². The highest BCUT2D eigenvalue weighted by molar-refractivity contribution is 7.15. The molecule has 1 fully saturated rings. The lowest BCUT2D eigenvalue weighted by atomic mass is 10.1. The number of anilines is 1. The molecule has 7 heteroatoms. The van der Waals surface area contributed by atoms with Gasteiger partial charge in [-0.2, -0.15) is 0 Å². The van der Waals surface area contributed by atoms with E-state index in [1.807, 2.05) is 11.8 Å². The molecule has 1 atom stereocenters. The topological polar surface area (TPSA) is 71.5 Å². The van der Waals surface area contributed by atoms with E-state index in [2.05, 4.69) is 10.3 Å². The van der Waals surface area contributed by atoms with Crippen LogP contribution in [0.15, 0.2) is 0 Å². The van der Waals surface area contributed by atoms with Crippen LogP contribution in [-0.2, 0) is 20.7 Å². The Morgan fingerprint density at radius 2 is 2.43 bits per heavy atom. The third kappa shape index (κ3) is 2.88. The first-order valence-electron chi connectivity index (χ1n) is 7.37. The lowest BCUT2D eigenvalue weighted by Gasteiger charge is -2.17. The van der Waals surface area contributed by atoms with Gasteiger partial charge in [0.25, 0.3) is 0 Å². The Kier molecular flexibility index (Phi) is 4.10. The van der Waals surface area contributed by atoms with Gasteiger partial charge >= 0.3 is 5.97 Å². The fourth-order valence-corrected chi connectivity index (χ4v) is 3.95. The van der Waals surface area contributed by atoms with E-state index < -0.39 is 0 Å². The summed E-state index contributed by atoms with van der Waals surface area (Å²) in [6, 6.07) is 0. The average molecular weight is 309 g/mol. The molecule has 21 heavy (non-hydrogen) atoms. The maximum atomic E-state index is 12.0. The first-order valence-corrected chi connectivity index (χ1v) is 8.18. The molecule has 0 spiro atoms. The fraction of sp³-hybridized carbons (Fsp3) is 0.643. The maximum absolute atomic E-state index is 12.0. The van der Waals surface area contributed by atoms with E-state index in [0.29, 0.717) is 19.7 Å². The van der Waals surface area contributed by atoms with Crippen molar-refractivity contribution in [3.05, 3.63) is 10.6 Å². The SMILES string of the molecule is CCOC(=O)C1CCc2sc(N3CCCNC(=O)C3)nc21. The van der Waals surface area contributed by atoms with Crippen LogP contribution in [0.1, 0.15) is 36.3 Å². The number of nitrogens with zero attached hydrogens (tertiary/aromatic N) is 2. The van der Waals surface area contributed by atoms with E-state index in [1.165, 1.54) is 0 Å². The van der Waals surface area contributed by atoms with Crippen LogP contribution in [-0.4, -0.2) is 43.1 Å². The van der Waals surface area contributed by atoms with Crippen molar-refractivity contribution in [3.63, 3.8) is 0 Å². The number of esters is 1. The van der Waals surface area contributed by atoms with Crippen molar-refractivity contribution < 1.29 is 14.3 Å². The van der Waals surface area contributed by atoms with Gasteiger partial charge < -0.3 is 15.0 Å². The van der Waals surface area contributed by atoms with Crippen LogP contribution in [0.25, 0.3) is 0 Å². The van der Waals surface area contributed by atoms with E-state index in [1.54, 1.807) is 11.3 Å². The van der Waals surface area contributed by atoms with Crippen LogP contribution in [0.2, 0.25) is 0 Å². The molecule has 1 aliphatic heterocycles. The molecule has 2 aliphatic rings. The number of amides is 1. The molecule has 1 aromatic rings. The number of hydrogen-bond donors (Lipinski definition) is 1. The van der Waals surface area contributed by atoms with Crippen LogP contribution in [0, 0.1) is 0 Å². The van der Waals surface area contributed by atoms with Gasteiger partial charge in [-0.25, -0.2) is 4.98 Å². The Morgan fingerprint density at radius 1 is 1.57 bits per heavy atom. The number of fused-ring (bicyclic) bond motifs is 1. The lowest BCUT2D eigenvalue weighted by molar-refractivity contribution is -0.145. The van der Waals surface area contributed by atoms with E-state index in [4.69, 9.17) is 4.74 Å². The number of hydrogen-bond acceptors (Lipinski definition) is 6. The highest BCUT2D eigenvalue weighted by Gasteiger charge is 2.34. The molecule has 0 bridgehead atoms. The molecular weight excluding hydrogens is 290 g/mol. The third-order valence-corrected chi connectivity index (χ3v) is 5.00. The number of ether oxygens (including phenoxy) is 1. The first kappa shape index (κ1) is 14.3. The molecule has 0 saturated carbocycles. The van der Waals surface area contributed by atoms with Crippen LogP contribution in [0.3, 0.4) is 0 Å². The quantitative estimate of drug-likeness (QED) is 0.846. The second-order valence-corrected chi connectivity index (χ2v) is 6.34. The van der Waals surface area contributed by atoms with Crippen molar-refractivity contribution in [1.29, 1.82) is 0 Å². The van der Waals surface area contributed by atoms with Gasteiger partial charge in [-0.15, -0.1) is 11.3 Å². The van der Waals surface area contributed by atoms with Crippen LogP contribution >= 0.6 is 11.3 Å². The molecule has 2 heterocycles. The van der Waals surface area contributed by atoms with Gasteiger partial charge in [0.15, 0.2) is 5.13 Å². The standard InChI is InChI=1S/C14H19N3O3S/c1-2-20-13(19)9-4-5-10-12(9)16-14(21-10)17-7-3-6-15-11(18)8-17/h9H,2-8H2,1H3,(H,15,18). The minimum Gasteiger partial charge on any atom is -0.465 e. The van der Waals surface area contributed by atoms with E-state index in [-0.39, 0.29) is 17.8 Å². The summed E-state index contributed by atoms with van der Waals surface area (Å²) in [6.45, 7) is 4.08. The van der Waals surface area contributed by atoms with Crippen molar-refractivity contribution in [2.75, 3.05) is 31.1 Å². The minimum atomic E-state index is -0.231. The molecule has 0 aromatic carbocycles. The van der Waals surface area contributed by atoms with Crippen molar-refractivity contribution in [1.82, 2.24) is 10.3 Å². The third-order valence-electron chi connectivity index (χ3n) is 3.81. The zero-order valence-corrected chi connectivity index (χ0v) is 12.9. The Bertz CT molecular complexity index is 558. The molecule has 1 amide bonds. The zero-order chi connectivity index (χ0) is 14.8. The number of aromatic nitrogens is 1. The van der Waals surface area contributed by atoms with E-state index >= 15 is 0 Å². The van der Waals surface area contributed by atoms with Gasteiger partial charge in [-0.05, 0) is 26.2 Å². The summed E-state index contributed by atoms with van der Waals surface area (Å²) in [5.41, 5.74) is 0.859. The zero-order valence-electron chi connectivity index (χ0n) is 12.1. The summed E-state index contributed by atoms with van der Waals surface area (Å²) in [5, 5.41) is 3.71. The molecular formula is C14H19N3O3S. The molecule has 1 saturated heterocycles. The normalized spacial score (nSPS) is 21.7. The van der Waals surface area contributed by atoms with Crippen molar-refractivity contribution in [2.24, 2.45) is 0 Å². The number of aryl methyl sites for hydroxylation is 1. The predicted octanol–water partition coefficient (Wildman–Crippen LogP) is 1.06. The molecule has 1 aliphatic carbocycles. The Labute approximate surface area is 127 Å². The summed E-state index contributed by atoms with van der Waals surface area (Å²) in [7, 11) is 0. The van der Waals surface area contributed by atoms with E-state index in [0.717, 1.165) is 41.5 Å². The maximum Gasteiger partial charge on any atom is 0.315 e. The highest BCUT2D eigenvalue weighted by Crippen LogP contribution is 2.40. The highest BCUT2D eigenvalue weighted by atomic mass is 32.1. The number of carbonyl (C=O) groups excluding carboxylic acids is 2. The Morgan fingerprint density at radius 3 is 3.24 bits per heavy atom.